The van der Waals surface area contributed by atoms with E-state index in [1.54, 1.807) is 4.68 Å². The van der Waals surface area contributed by atoms with Crippen molar-refractivity contribution in [2.45, 2.75) is 66.3 Å². The van der Waals surface area contributed by atoms with Crippen LogP contribution in [0.1, 0.15) is 65.7 Å². The van der Waals surface area contributed by atoms with Gasteiger partial charge in [-0.05, 0) is 34.6 Å². The van der Waals surface area contributed by atoms with E-state index < -0.39 is 5.97 Å². The second-order valence-corrected chi connectivity index (χ2v) is 6.99. The van der Waals surface area contributed by atoms with Crippen molar-refractivity contribution in [2.75, 3.05) is 0 Å². The molecule has 0 aliphatic rings. The lowest BCUT2D eigenvalue weighted by molar-refractivity contribution is -0.138. The van der Waals surface area contributed by atoms with Crippen molar-refractivity contribution < 1.29 is 9.90 Å². The fourth-order valence-corrected chi connectivity index (χ4v) is 2.23. The Kier molecular flexibility index (Phi) is 5.65. The van der Waals surface area contributed by atoms with Gasteiger partial charge in [-0.25, -0.2) is 4.68 Å². The van der Waals surface area contributed by atoms with Crippen LogP contribution >= 0.6 is 0 Å². The van der Waals surface area contributed by atoms with Crippen LogP contribution in [0.5, 0.6) is 0 Å². The summed E-state index contributed by atoms with van der Waals surface area (Å²) in [6.45, 7) is 10.6. The molecular weight excluding hydrogens is 256 g/mol. The van der Waals surface area contributed by atoms with E-state index in [1.165, 1.54) is 0 Å². The van der Waals surface area contributed by atoms with Crippen LogP contribution < -0.4 is 0 Å². The monoisotopic (exact) mass is 282 g/mol. The molecule has 1 aromatic rings. The molecule has 0 aliphatic carbocycles. The molecule has 0 fully saturated rings. The van der Waals surface area contributed by atoms with Gasteiger partial charge < -0.3 is 5.11 Å². The largest absolute Gasteiger partial charge is 0.481 e. The number of carboxylic acids is 1. The number of aliphatic carboxylic acids is 1. The number of hydrogen-bond acceptors (Lipinski definition) is 4. The normalized spacial score (nSPS) is 13.7. The molecule has 0 aliphatic heterocycles. The molecule has 0 saturated heterocycles. The van der Waals surface area contributed by atoms with Gasteiger partial charge in [-0.2, -0.15) is 0 Å². The van der Waals surface area contributed by atoms with Crippen molar-refractivity contribution in [1.29, 1.82) is 0 Å². The fourth-order valence-electron chi connectivity index (χ4n) is 2.23. The maximum Gasteiger partial charge on any atom is 0.305 e. The highest BCUT2D eigenvalue weighted by molar-refractivity contribution is 5.67. The van der Waals surface area contributed by atoms with E-state index in [4.69, 9.17) is 5.11 Å². The Morgan fingerprint density at radius 3 is 2.50 bits per heavy atom. The first-order chi connectivity index (χ1) is 9.19. The van der Waals surface area contributed by atoms with Gasteiger partial charge in [0.1, 0.15) is 0 Å². The molecule has 1 unspecified atom stereocenters. The molecule has 0 saturated carbocycles. The number of carboxylic acid groups (broad SMARTS) is 1. The van der Waals surface area contributed by atoms with Crippen LogP contribution in [0.15, 0.2) is 0 Å². The molecule has 1 atom stereocenters. The molecule has 1 aromatic heterocycles. The summed E-state index contributed by atoms with van der Waals surface area (Å²) in [6.07, 6.45) is 2.57. The number of hydrogen-bond donors (Lipinski definition) is 1. The van der Waals surface area contributed by atoms with Crippen LogP contribution in [0.25, 0.3) is 0 Å². The second kappa shape index (κ2) is 6.81. The summed E-state index contributed by atoms with van der Waals surface area (Å²) in [5.41, 5.74) is 0.0292. The van der Waals surface area contributed by atoms with Crippen molar-refractivity contribution in [3.8, 4) is 0 Å². The average Bonchev–Trinajstić information content (AvgIpc) is 2.70. The predicted molar refractivity (Wildman–Crippen MR) is 76.3 cm³/mol. The molecule has 0 bridgehead atoms. The number of nitrogens with zero attached hydrogens (tertiary/aromatic N) is 4. The zero-order valence-corrected chi connectivity index (χ0v) is 13.1. The van der Waals surface area contributed by atoms with Gasteiger partial charge >= 0.3 is 5.97 Å². The molecular formula is C14H26N4O2. The summed E-state index contributed by atoms with van der Waals surface area (Å²) in [6, 6.07) is -0.190. The molecule has 1 N–H and O–H groups in total. The van der Waals surface area contributed by atoms with Crippen molar-refractivity contribution >= 4 is 5.97 Å². The van der Waals surface area contributed by atoms with Crippen molar-refractivity contribution in [3.05, 3.63) is 5.82 Å². The maximum absolute atomic E-state index is 11.1. The highest BCUT2D eigenvalue weighted by Crippen LogP contribution is 2.30. The lowest BCUT2D eigenvalue weighted by atomic mass is 9.87. The van der Waals surface area contributed by atoms with E-state index in [9.17, 15) is 4.79 Å². The SMILES string of the molecule is CC(C)CCc1nnnn1C(CC(=O)O)CC(C)(C)C. The number of aromatic nitrogens is 4. The van der Waals surface area contributed by atoms with Crippen LogP contribution in [0, 0.1) is 11.3 Å². The Morgan fingerprint density at radius 1 is 1.35 bits per heavy atom. The van der Waals surface area contributed by atoms with Crippen molar-refractivity contribution in [3.63, 3.8) is 0 Å². The van der Waals surface area contributed by atoms with E-state index in [0.717, 1.165) is 25.1 Å². The lowest BCUT2D eigenvalue weighted by Crippen LogP contribution is -2.23. The Morgan fingerprint density at radius 2 is 2.00 bits per heavy atom. The van der Waals surface area contributed by atoms with Gasteiger partial charge in [0.15, 0.2) is 5.82 Å². The first-order valence-electron chi connectivity index (χ1n) is 7.17. The van der Waals surface area contributed by atoms with Gasteiger partial charge in [0.25, 0.3) is 0 Å². The first kappa shape index (κ1) is 16.6. The fraction of sp³-hybridized carbons (Fsp3) is 0.857. The third-order valence-electron chi connectivity index (χ3n) is 3.11. The summed E-state index contributed by atoms with van der Waals surface area (Å²) in [5, 5.41) is 20.9. The maximum atomic E-state index is 11.1. The Bertz CT molecular complexity index is 435. The lowest BCUT2D eigenvalue weighted by Gasteiger charge is -2.25. The second-order valence-electron chi connectivity index (χ2n) is 6.99. The van der Waals surface area contributed by atoms with E-state index in [1.807, 2.05) is 0 Å². The number of tetrazole rings is 1. The minimum absolute atomic E-state index is 0.0292. The van der Waals surface area contributed by atoms with Gasteiger partial charge in [-0.3, -0.25) is 4.79 Å². The first-order valence-corrected chi connectivity index (χ1v) is 7.17. The average molecular weight is 282 g/mol. The van der Waals surface area contributed by atoms with Gasteiger partial charge in [0.05, 0.1) is 12.5 Å². The molecule has 0 spiro atoms. The summed E-state index contributed by atoms with van der Waals surface area (Å²) in [4.78, 5) is 11.1. The zero-order chi connectivity index (χ0) is 15.3. The molecule has 20 heavy (non-hydrogen) atoms. The van der Waals surface area contributed by atoms with E-state index in [2.05, 4.69) is 50.1 Å². The van der Waals surface area contributed by atoms with Crippen LogP contribution in [0.3, 0.4) is 0 Å². The topological polar surface area (TPSA) is 80.9 Å². The van der Waals surface area contributed by atoms with E-state index in [-0.39, 0.29) is 17.9 Å². The molecule has 114 valence electrons. The van der Waals surface area contributed by atoms with Crippen LogP contribution in [0.4, 0.5) is 0 Å². The number of carbonyl (C=O) groups is 1. The van der Waals surface area contributed by atoms with Crippen molar-refractivity contribution in [2.24, 2.45) is 11.3 Å². The smallest absolute Gasteiger partial charge is 0.305 e. The molecule has 0 amide bonds. The minimum atomic E-state index is -0.815. The summed E-state index contributed by atoms with van der Waals surface area (Å²) in [7, 11) is 0. The number of aryl methyl sites for hydroxylation is 1. The summed E-state index contributed by atoms with van der Waals surface area (Å²) in [5.74, 6) is 0.541. The Balaban J connectivity index is 2.90. The van der Waals surface area contributed by atoms with E-state index >= 15 is 0 Å². The molecule has 6 nitrogen and oxygen atoms in total. The predicted octanol–water partition coefficient (Wildman–Crippen LogP) is 2.71. The third kappa shape index (κ3) is 5.67. The molecule has 1 heterocycles. The van der Waals surface area contributed by atoms with Crippen molar-refractivity contribution in [1.82, 2.24) is 20.2 Å². The summed E-state index contributed by atoms with van der Waals surface area (Å²) < 4.78 is 1.71. The zero-order valence-electron chi connectivity index (χ0n) is 13.1. The number of rotatable bonds is 7. The van der Waals surface area contributed by atoms with Crippen LogP contribution in [-0.2, 0) is 11.2 Å². The van der Waals surface area contributed by atoms with E-state index in [0.29, 0.717) is 5.92 Å². The summed E-state index contributed by atoms with van der Waals surface area (Å²) >= 11 is 0. The van der Waals surface area contributed by atoms with Gasteiger partial charge in [0.2, 0.25) is 0 Å². The third-order valence-corrected chi connectivity index (χ3v) is 3.11. The minimum Gasteiger partial charge on any atom is -0.481 e. The quantitative estimate of drug-likeness (QED) is 0.831. The Labute approximate surface area is 120 Å². The standard InChI is InChI=1S/C14H26N4O2/c1-10(2)6-7-12-15-16-17-18(12)11(8-13(19)20)9-14(3,4)5/h10-11H,6-9H2,1-5H3,(H,19,20). The molecule has 6 heteroatoms. The van der Waals surface area contributed by atoms with Crippen LogP contribution in [-0.4, -0.2) is 31.3 Å². The molecule has 1 rings (SSSR count). The highest BCUT2D eigenvalue weighted by Gasteiger charge is 2.25. The van der Waals surface area contributed by atoms with Crippen LogP contribution in [0.2, 0.25) is 0 Å². The van der Waals surface area contributed by atoms with Gasteiger partial charge in [-0.1, -0.05) is 34.6 Å². The highest BCUT2D eigenvalue weighted by atomic mass is 16.4. The van der Waals surface area contributed by atoms with Gasteiger partial charge in [0, 0.05) is 6.42 Å². The Hall–Kier alpha value is -1.46. The molecule has 0 radical (unpaired) electrons. The molecule has 0 aromatic carbocycles. The van der Waals surface area contributed by atoms with Gasteiger partial charge in [-0.15, -0.1) is 5.10 Å².